The van der Waals surface area contributed by atoms with Gasteiger partial charge in [0.25, 0.3) is 0 Å². The number of hydrogen-bond acceptors (Lipinski definition) is 5. The van der Waals surface area contributed by atoms with Crippen molar-refractivity contribution in [1.82, 2.24) is 29.9 Å². The molecule has 4 aromatic heterocycles. The van der Waals surface area contributed by atoms with Gasteiger partial charge in [-0.05, 0) is 36.2 Å². The van der Waals surface area contributed by atoms with Gasteiger partial charge >= 0.3 is 0 Å². The molecule has 5 aromatic rings. The van der Waals surface area contributed by atoms with Gasteiger partial charge < -0.3 is 14.7 Å². The molecule has 138 valence electrons. The highest BCUT2D eigenvalue weighted by Gasteiger charge is 2.08. The van der Waals surface area contributed by atoms with Crippen molar-refractivity contribution in [3.63, 3.8) is 0 Å². The molecule has 7 heteroatoms. The fourth-order valence-electron chi connectivity index (χ4n) is 3.31. The number of rotatable bonds is 5. The highest BCUT2D eigenvalue weighted by Crippen LogP contribution is 2.24. The molecule has 0 aliphatic heterocycles. The third kappa shape index (κ3) is 3.07. The summed E-state index contributed by atoms with van der Waals surface area (Å²) in [6, 6.07) is 12.0. The summed E-state index contributed by atoms with van der Waals surface area (Å²) in [6.45, 7) is 0. The lowest BCUT2D eigenvalue weighted by Gasteiger charge is -2.02. The summed E-state index contributed by atoms with van der Waals surface area (Å²) in [5.41, 5.74) is 6.70. The summed E-state index contributed by atoms with van der Waals surface area (Å²) in [7, 11) is 1.66. The number of nitrogens with zero attached hydrogens (tertiary/aromatic N) is 4. The van der Waals surface area contributed by atoms with Crippen molar-refractivity contribution in [3.05, 3.63) is 66.6 Å². The Balaban J connectivity index is 1.40. The predicted octanol–water partition coefficient (Wildman–Crippen LogP) is 3.69. The molecule has 0 saturated heterocycles. The van der Waals surface area contributed by atoms with Crippen LogP contribution in [0.4, 0.5) is 0 Å². The van der Waals surface area contributed by atoms with Gasteiger partial charge in [-0.15, -0.1) is 0 Å². The molecule has 1 aromatic carbocycles. The molecule has 7 nitrogen and oxygen atoms in total. The Labute approximate surface area is 160 Å². The topological polar surface area (TPSA) is 92.4 Å². The van der Waals surface area contributed by atoms with Crippen LogP contribution in [0.25, 0.3) is 33.3 Å². The van der Waals surface area contributed by atoms with Crippen LogP contribution >= 0.6 is 0 Å². The van der Waals surface area contributed by atoms with Crippen LogP contribution in [0.15, 0.2) is 55.1 Å². The van der Waals surface area contributed by atoms with Crippen molar-refractivity contribution in [3.8, 4) is 16.9 Å². The number of imidazole rings is 2. The van der Waals surface area contributed by atoms with Gasteiger partial charge in [0.1, 0.15) is 11.6 Å². The summed E-state index contributed by atoms with van der Waals surface area (Å²) >= 11 is 0. The highest BCUT2D eigenvalue weighted by atomic mass is 16.5. The highest BCUT2D eigenvalue weighted by molar-refractivity contribution is 5.84. The second-order valence-corrected chi connectivity index (χ2v) is 6.60. The third-order valence-electron chi connectivity index (χ3n) is 4.78. The van der Waals surface area contributed by atoms with E-state index in [9.17, 15) is 0 Å². The van der Waals surface area contributed by atoms with E-state index in [1.807, 2.05) is 24.4 Å². The van der Waals surface area contributed by atoms with Crippen LogP contribution in [-0.2, 0) is 12.8 Å². The van der Waals surface area contributed by atoms with E-state index in [0.717, 1.165) is 63.4 Å². The molecule has 4 heterocycles. The smallest absolute Gasteiger partial charge is 0.177 e. The number of hydrogen-bond donors (Lipinski definition) is 2. The maximum atomic E-state index is 5.25. The van der Waals surface area contributed by atoms with Gasteiger partial charge in [-0.25, -0.2) is 15.0 Å². The number of pyridine rings is 2. The fourth-order valence-corrected chi connectivity index (χ4v) is 3.31. The molecular weight excluding hydrogens is 352 g/mol. The molecular formula is C21H18N6O. The summed E-state index contributed by atoms with van der Waals surface area (Å²) in [4.78, 5) is 24.3. The number of methoxy groups -OCH3 is 1. The minimum Gasteiger partial charge on any atom is -0.497 e. The lowest BCUT2D eigenvalue weighted by atomic mass is 10.1. The van der Waals surface area contributed by atoms with Crippen LogP contribution < -0.4 is 4.74 Å². The van der Waals surface area contributed by atoms with Gasteiger partial charge in [0.2, 0.25) is 0 Å². The van der Waals surface area contributed by atoms with Crippen LogP contribution in [0.5, 0.6) is 5.75 Å². The zero-order valence-corrected chi connectivity index (χ0v) is 15.3. The zero-order chi connectivity index (χ0) is 18.9. The number of fused-ring (bicyclic) bond motifs is 2. The van der Waals surface area contributed by atoms with Gasteiger partial charge in [-0.2, -0.15) is 0 Å². The minimum absolute atomic E-state index is 0.722. The predicted molar refractivity (Wildman–Crippen MR) is 107 cm³/mol. The SMILES string of the molecule is COc1ccnc(CCc2nc3ncc(-c4ccc5nc[nH]c5c4)cc3[nH]2)c1. The zero-order valence-electron chi connectivity index (χ0n) is 15.3. The molecule has 28 heavy (non-hydrogen) atoms. The molecule has 0 unspecified atom stereocenters. The van der Waals surface area contributed by atoms with Crippen molar-refractivity contribution in [2.24, 2.45) is 0 Å². The molecule has 0 fully saturated rings. The van der Waals surface area contributed by atoms with Gasteiger partial charge in [0.15, 0.2) is 5.65 Å². The number of aromatic amines is 2. The van der Waals surface area contributed by atoms with Crippen molar-refractivity contribution in [2.75, 3.05) is 7.11 Å². The molecule has 0 bridgehead atoms. The number of aryl methyl sites for hydroxylation is 2. The lowest BCUT2D eigenvalue weighted by Crippen LogP contribution is -1.96. The van der Waals surface area contributed by atoms with E-state index >= 15 is 0 Å². The van der Waals surface area contributed by atoms with Gasteiger partial charge in [0.05, 0.1) is 30.0 Å². The van der Waals surface area contributed by atoms with Gasteiger partial charge in [0, 0.05) is 36.1 Å². The third-order valence-corrected chi connectivity index (χ3v) is 4.78. The molecule has 0 spiro atoms. The maximum absolute atomic E-state index is 5.25. The minimum atomic E-state index is 0.722. The molecule has 5 rings (SSSR count). The molecule has 2 N–H and O–H groups in total. The summed E-state index contributed by atoms with van der Waals surface area (Å²) in [5.74, 6) is 1.71. The standard InChI is InChI=1S/C21H18N6O/c1-28-16-6-7-22-15(10-16)3-5-20-26-19-9-14(11-23-21(19)27-20)13-2-4-17-18(8-13)25-12-24-17/h2,4,6-12H,3,5H2,1H3,(H,24,25)(H,23,26,27). The number of aromatic nitrogens is 6. The molecule has 0 radical (unpaired) electrons. The van der Waals surface area contributed by atoms with Crippen molar-refractivity contribution in [1.29, 1.82) is 0 Å². The molecule has 0 saturated carbocycles. The quantitative estimate of drug-likeness (QED) is 0.492. The van der Waals surface area contributed by atoms with E-state index in [4.69, 9.17) is 4.74 Å². The number of H-pyrrole nitrogens is 2. The van der Waals surface area contributed by atoms with Crippen molar-refractivity contribution >= 4 is 22.2 Å². The van der Waals surface area contributed by atoms with E-state index in [-0.39, 0.29) is 0 Å². The van der Waals surface area contributed by atoms with Crippen molar-refractivity contribution < 1.29 is 4.74 Å². The number of ether oxygens (including phenoxy) is 1. The average Bonchev–Trinajstić information content (AvgIpc) is 3.37. The number of benzene rings is 1. The normalized spacial score (nSPS) is 11.3. The van der Waals surface area contributed by atoms with E-state index in [2.05, 4.69) is 48.1 Å². The van der Waals surface area contributed by atoms with E-state index in [1.165, 1.54) is 0 Å². The van der Waals surface area contributed by atoms with Crippen LogP contribution in [0.2, 0.25) is 0 Å². The summed E-state index contributed by atoms with van der Waals surface area (Å²) in [5, 5.41) is 0. The van der Waals surface area contributed by atoms with Crippen LogP contribution in [0, 0.1) is 0 Å². The molecule has 0 aliphatic carbocycles. The average molecular weight is 370 g/mol. The summed E-state index contributed by atoms with van der Waals surface area (Å²) in [6.07, 6.45) is 6.85. The van der Waals surface area contributed by atoms with Crippen molar-refractivity contribution in [2.45, 2.75) is 12.8 Å². The Kier molecular flexibility index (Phi) is 3.97. The first-order valence-corrected chi connectivity index (χ1v) is 9.05. The van der Waals surface area contributed by atoms with E-state index in [1.54, 1.807) is 19.6 Å². The molecule has 0 amide bonds. The summed E-state index contributed by atoms with van der Waals surface area (Å²) < 4.78 is 5.25. The van der Waals surface area contributed by atoms with Gasteiger partial charge in [-0.3, -0.25) is 4.98 Å². The van der Waals surface area contributed by atoms with E-state index < -0.39 is 0 Å². The maximum Gasteiger partial charge on any atom is 0.177 e. The van der Waals surface area contributed by atoms with E-state index in [0.29, 0.717) is 0 Å². The largest absolute Gasteiger partial charge is 0.497 e. The Morgan fingerprint density at radius 2 is 1.86 bits per heavy atom. The van der Waals surface area contributed by atoms with Crippen LogP contribution in [0.1, 0.15) is 11.5 Å². The first-order valence-electron chi connectivity index (χ1n) is 9.05. The Morgan fingerprint density at radius 3 is 2.79 bits per heavy atom. The Bertz CT molecular complexity index is 1270. The van der Waals surface area contributed by atoms with Crippen LogP contribution in [-0.4, -0.2) is 37.0 Å². The monoisotopic (exact) mass is 370 g/mol. The fraction of sp³-hybridized carbons (Fsp3) is 0.143. The Hall–Kier alpha value is -3.74. The van der Waals surface area contributed by atoms with Gasteiger partial charge in [-0.1, -0.05) is 6.07 Å². The lowest BCUT2D eigenvalue weighted by molar-refractivity contribution is 0.413. The molecule has 0 aliphatic rings. The van der Waals surface area contributed by atoms with Crippen LogP contribution in [0.3, 0.4) is 0 Å². The first kappa shape index (κ1) is 16.4. The second kappa shape index (κ2) is 6.77. The number of nitrogens with one attached hydrogen (secondary N) is 2. The second-order valence-electron chi connectivity index (χ2n) is 6.60. The first-order chi connectivity index (χ1) is 13.8. The Morgan fingerprint density at radius 1 is 0.929 bits per heavy atom. The molecule has 0 atom stereocenters.